The molecule has 4 heteroatoms. The van der Waals surface area contributed by atoms with Gasteiger partial charge in [-0.15, -0.1) is 0 Å². The van der Waals surface area contributed by atoms with Gasteiger partial charge in [0.25, 0.3) is 0 Å². The average Bonchev–Trinajstić information content (AvgIpc) is 2.34. The summed E-state index contributed by atoms with van der Waals surface area (Å²) in [7, 11) is 1.91. The van der Waals surface area contributed by atoms with Crippen LogP contribution in [0.15, 0.2) is 6.20 Å². The summed E-state index contributed by atoms with van der Waals surface area (Å²) in [5.74, 6) is 0. The summed E-state index contributed by atoms with van der Waals surface area (Å²) in [6.45, 7) is 1.27. The Kier molecular flexibility index (Phi) is 1.42. The molecule has 0 aromatic carbocycles. The predicted octanol–water partition coefficient (Wildman–Crippen LogP) is 0.866. The maximum Gasteiger partial charge on any atom is 0.154 e. The number of H-pyrrole nitrogens is 1. The highest BCUT2D eigenvalue weighted by molar-refractivity contribution is 5.21. The topological polar surface area (TPSA) is 31.9 Å². The van der Waals surface area contributed by atoms with Gasteiger partial charge in [0.05, 0.1) is 11.9 Å². The van der Waals surface area contributed by atoms with E-state index in [-0.39, 0.29) is 0 Å². The predicted molar refractivity (Wildman–Crippen MR) is 38.8 cm³/mol. The van der Waals surface area contributed by atoms with Crippen LogP contribution in [0.4, 0.5) is 4.39 Å². The fraction of sp³-hybridized carbons (Fsp3) is 0.571. The van der Waals surface area contributed by atoms with E-state index in [0.29, 0.717) is 12.2 Å². The Hall–Kier alpha value is -0.900. The first kappa shape index (κ1) is 6.79. The molecule has 0 saturated heterocycles. The van der Waals surface area contributed by atoms with Gasteiger partial charge in [-0.25, -0.2) is 4.39 Å². The van der Waals surface area contributed by atoms with E-state index in [1.807, 2.05) is 11.9 Å². The van der Waals surface area contributed by atoms with Gasteiger partial charge in [0.15, 0.2) is 6.17 Å². The van der Waals surface area contributed by atoms with E-state index in [9.17, 15) is 4.39 Å². The highest BCUT2D eigenvalue weighted by Crippen LogP contribution is 2.25. The van der Waals surface area contributed by atoms with Gasteiger partial charge in [0.2, 0.25) is 0 Å². The second-order valence-corrected chi connectivity index (χ2v) is 2.97. The second kappa shape index (κ2) is 2.30. The summed E-state index contributed by atoms with van der Waals surface area (Å²) in [6, 6.07) is 0. The number of halogens is 1. The molecule has 1 N–H and O–H groups in total. The summed E-state index contributed by atoms with van der Waals surface area (Å²) in [5.41, 5.74) is 1.63. The zero-order chi connectivity index (χ0) is 7.84. The largest absolute Gasteiger partial charge is 0.299 e. The van der Waals surface area contributed by atoms with Crippen LogP contribution >= 0.6 is 0 Å². The molecule has 1 aliphatic heterocycles. The van der Waals surface area contributed by atoms with Crippen LogP contribution in [0.2, 0.25) is 0 Å². The van der Waals surface area contributed by atoms with Crippen LogP contribution in [-0.4, -0.2) is 28.7 Å². The van der Waals surface area contributed by atoms with Crippen molar-refractivity contribution in [3.05, 3.63) is 17.5 Å². The number of hydrogen-bond acceptors (Lipinski definition) is 2. The quantitative estimate of drug-likeness (QED) is 0.602. The van der Waals surface area contributed by atoms with E-state index >= 15 is 0 Å². The third-order valence-electron chi connectivity index (χ3n) is 1.98. The number of fused-ring (bicyclic) bond motifs is 1. The number of rotatable bonds is 0. The van der Waals surface area contributed by atoms with Crippen molar-refractivity contribution >= 4 is 0 Å². The van der Waals surface area contributed by atoms with E-state index in [2.05, 4.69) is 10.2 Å². The van der Waals surface area contributed by atoms with Crippen molar-refractivity contribution < 1.29 is 4.39 Å². The summed E-state index contributed by atoms with van der Waals surface area (Å²) >= 11 is 0. The molecule has 2 rings (SSSR count). The monoisotopic (exact) mass is 155 g/mol. The molecule has 1 atom stereocenters. The number of aromatic nitrogens is 2. The SMILES string of the molecule is CN1Cc2cn[nH]c2[C@@H](F)C1. The lowest BCUT2D eigenvalue weighted by Gasteiger charge is -2.24. The van der Waals surface area contributed by atoms with Gasteiger partial charge >= 0.3 is 0 Å². The molecule has 11 heavy (non-hydrogen) atoms. The molecular weight excluding hydrogens is 145 g/mol. The third kappa shape index (κ3) is 1.03. The van der Waals surface area contributed by atoms with Crippen LogP contribution < -0.4 is 0 Å². The minimum atomic E-state index is -0.897. The molecule has 3 nitrogen and oxygen atoms in total. The average molecular weight is 155 g/mol. The molecule has 0 fully saturated rings. The number of likely N-dealkylation sites (N-methyl/N-ethyl adjacent to an activating group) is 1. The second-order valence-electron chi connectivity index (χ2n) is 2.97. The summed E-state index contributed by atoms with van der Waals surface area (Å²) in [5, 5.41) is 6.47. The van der Waals surface area contributed by atoms with Crippen LogP contribution in [0.25, 0.3) is 0 Å². The summed E-state index contributed by atoms with van der Waals surface area (Å²) in [4.78, 5) is 1.95. The van der Waals surface area contributed by atoms with Gasteiger partial charge in [-0.05, 0) is 7.05 Å². The highest BCUT2D eigenvalue weighted by Gasteiger charge is 2.24. The van der Waals surface area contributed by atoms with E-state index < -0.39 is 6.17 Å². The molecule has 0 radical (unpaired) electrons. The molecule has 0 aliphatic carbocycles. The maximum absolute atomic E-state index is 13.1. The molecule has 1 aromatic rings. The van der Waals surface area contributed by atoms with E-state index in [0.717, 1.165) is 12.1 Å². The number of aromatic amines is 1. The van der Waals surface area contributed by atoms with E-state index in [4.69, 9.17) is 0 Å². The Morgan fingerprint density at radius 2 is 2.64 bits per heavy atom. The molecule has 0 saturated carbocycles. The van der Waals surface area contributed by atoms with Crippen LogP contribution in [0.1, 0.15) is 17.4 Å². The molecule has 1 aromatic heterocycles. The lowest BCUT2D eigenvalue weighted by Crippen LogP contribution is -2.28. The fourth-order valence-electron chi connectivity index (χ4n) is 1.44. The molecule has 0 unspecified atom stereocenters. The van der Waals surface area contributed by atoms with Gasteiger partial charge < -0.3 is 0 Å². The molecule has 0 spiro atoms. The van der Waals surface area contributed by atoms with Crippen molar-refractivity contribution in [2.45, 2.75) is 12.7 Å². The summed E-state index contributed by atoms with van der Waals surface area (Å²) < 4.78 is 13.1. The van der Waals surface area contributed by atoms with Gasteiger partial charge in [0.1, 0.15) is 0 Å². The van der Waals surface area contributed by atoms with Crippen LogP contribution in [0.3, 0.4) is 0 Å². The van der Waals surface area contributed by atoms with Crippen LogP contribution in [0, 0.1) is 0 Å². The molecule has 60 valence electrons. The molecule has 2 heterocycles. The first-order valence-corrected chi connectivity index (χ1v) is 3.62. The van der Waals surface area contributed by atoms with E-state index in [1.165, 1.54) is 0 Å². The number of nitrogens with one attached hydrogen (secondary N) is 1. The Morgan fingerprint density at radius 1 is 1.82 bits per heavy atom. The first-order chi connectivity index (χ1) is 5.27. The zero-order valence-electron chi connectivity index (χ0n) is 6.34. The lowest BCUT2D eigenvalue weighted by molar-refractivity contribution is 0.192. The Labute approximate surface area is 64.2 Å². The van der Waals surface area contributed by atoms with Gasteiger partial charge in [0, 0.05) is 18.7 Å². The normalized spacial score (nSPS) is 25.1. The van der Waals surface area contributed by atoms with Crippen LogP contribution in [-0.2, 0) is 6.54 Å². The third-order valence-corrected chi connectivity index (χ3v) is 1.98. The van der Waals surface area contributed by atoms with Crippen molar-refractivity contribution in [3.8, 4) is 0 Å². The van der Waals surface area contributed by atoms with Crippen molar-refractivity contribution in [2.75, 3.05) is 13.6 Å². The van der Waals surface area contributed by atoms with Gasteiger partial charge in [-0.1, -0.05) is 0 Å². The minimum absolute atomic E-state index is 0.467. The maximum atomic E-state index is 13.1. The number of hydrogen-bond donors (Lipinski definition) is 1. The molecule has 0 amide bonds. The number of nitrogens with zero attached hydrogens (tertiary/aromatic N) is 2. The minimum Gasteiger partial charge on any atom is -0.299 e. The lowest BCUT2D eigenvalue weighted by atomic mass is 10.1. The van der Waals surface area contributed by atoms with E-state index in [1.54, 1.807) is 6.20 Å². The van der Waals surface area contributed by atoms with Crippen molar-refractivity contribution in [1.29, 1.82) is 0 Å². The summed E-state index contributed by atoms with van der Waals surface area (Å²) in [6.07, 6.45) is 0.795. The van der Waals surface area contributed by atoms with Crippen molar-refractivity contribution in [3.63, 3.8) is 0 Å². The zero-order valence-corrected chi connectivity index (χ0v) is 6.34. The first-order valence-electron chi connectivity index (χ1n) is 3.62. The van der Waals surface area contributed by atoms with Gasteiger partial charge in [-0.3, -0.25) is 10.00 Å². The Morgan fingerprint density at radius 3 is 3.45 bits per heavy atom. The van der Waals surface area contributed by atoms with Gasteiger partial charge in [-0.2, -0.15) is 5.10 Å². The molecule has 0 bridgehead atoms. The Bertz CT molecular complexity index is 258. The highest BCUT2D eigenvalue weighted by atomic mass is 19.1. The molecular formula is C7H10FN3. The van der Waals surface area contributed by atoms with Crippen LogP contribution in [0.5, 0.6) is 0 Å². The molecule has 1 aliphatic rings. The van der Waals surface area contributed by atoms with Crippen molar-refractivity contribution in [1.82, 2.24) is 15.1 Å². The number of alkyl halides is 1. The fourth-order valence-corrected chi connectivity index (χ4v) is 1.44. The Balaban J connectivity index is 2.36. The van der Waals surface area contributed by atoms with Crippen molar-refractivity contribution in [2.24, 2.45) is 0 Å². The standard InChI is InChI=1S/C7H10FN3/c1-11-3-5-2-9-10-7(5)6(8)4-11/h2,6H,3-4H2,1H3,(H,9,10)/t6-/m0/s1. The smallest absolute Gasteiger partial charge is 0.154 e.